The number of rotatable bonds is 4. The van der Waals surface area contributed by atoms with Gasteiger partial charge in [0.05, 0.1) is 18.6 Å². The van der Waals surface area contributed by atoms with Crippen molar-refractivity contribution >= 4 is 16.0 Å². The van der Waals surface area contributed by atoms with Gasteiger partial charge in [0, 0.05) is 5.56 Å². The minimum absolute atomic E-state index is 0.00445. The van der Waals surface area contributed by atoms with Crippen molar-refractivity contribution in [2.45, 2.75) is 24.8 Å². The Kier molecular flexibility index (Phi) is 5.90. The van der Waals surface area contributed by atoms with Crippen molar-refractivity contribution < 1.29 is 17.9 Å². The maximum absolute atomic E-state index is 12.3. The molecule has 0 amide bonds. The van der Waals surface area contributed by atoms with Gasteiger partial charge < -0.3 is 10.5 Å². The summed E-state index contributed by atoms with van der Waals surface area (Å²) in [6, 6.07) is 3.77. The lowest BCUT2D eigenvalue weighted by Gasteiger charge is -2.13. The van der Waals surface area contributed by atoms with Gasteiger partial charge in [0.25, 0.3) is 0 Å². The standard InChI is InChI=1S/C14H18N2O4S/c1-10-6-7-13(12(9-10)5-4-8-15)21(18,19)16-11(2)14(17)20-3/h6-7,9,11,16H,8,15H2,1-3H3. The highest BCUT2D eigenvalue weighted by molar-refractivity contribution is 7.89. The Labute approximate surface area is 124 Å². The lowest BCUT2D eigenvalue weighted by molar-refractivity contribution is -0.142. The van der Waals surface area contributed by atoms with Crippen molar-refractivity contribution in [1.82, 2.24) is 4.72 Å². The maximum atomic E-state index is 12.3. The molecule has 7 heteroatoms. The summed E-state index contributed by atoms with van der Waals surface area (Å²) in [6.07, 6.45) is 0. The number of esters is 1. The molecule has 114 valence electrons. The number of hydrogen-bond donors (Lipinski definition) is 2. The molecule has 0 aliphatic carbocycles. The fourth-order valence-corrected chi connectivity index (χ4v) is 2.98. The van der Waals surface area contributed by atoms with Gasteiger partial charge in [-0.05, 0) is 31.5 Å². The van der Waals surface area contributed by atoms with Crippen LogP contribution in [0, 0.1) is 18.8 Å². The van der Waals surface area contributed by atoms with Crippen molar-refractivity contribution in [3.05, 3.63) is 29.3 Å². The second kappa shape index (κ2) is 7.22. The first-order chi connectivity index (χ1) is 9.81. The van der Waals surface area contributed by atoms with Gasteiger partial charge in [0.15, 0.2) is 0 Å². The second-order valence-electron chi connectivity index (χ2n) is 4.37. The molecule has 0 saturated heterocycles. The summed E-state index contributed by atoms with van der Waals surface area (Å²) in [4.78, 5) is 11.3. The largest absolute Gasteiger partial charge is 0.468 e. The number of methoxy groups -OCH3 is 1. The minimum atomic E-state index is -3.89. The molecule has 0 radical (unpaired) electrons. The molecule has 3 N–H and O–H groups in total. The number of carbonyl (C=O) groups excluding carboxylic acids is 1. The van der Waals surface area contributed by atoms with Crippen LogP contribution < -0.4 is 10.5 Å². The van der Waals surface area contributed by atoms with Crippen LogP contribution in [0.3, 0.4) is 0 Å². The van der Waals surface area contributed by atoms with Crippen LogP contribution >= 0.6 is 0 Å². The molecular formula is C14H18N2O4S. The molecule has 0 spiro atoms. The molecule has 0 saturated carbocycles. The molecule has 6 nitrogen and oxygen atoms in total. The molecule has 0 aliphatic rings. The van der Waals surface area contributed by atoms with Crippen molar-refractivity contribution in [3.8, 4) is 11.8 Å². The van der Waals surface area contributed by atoms with Crippen LogP contribution in [-0.2, 0) is 19.6 Å². The number of nitrogens with one attached hydrogen (secondary N) is 1. The molecular weight excluding hydrogens is 292 g/mol. The normalized spacial score (nSPS) is 12.2. The minimum Gasteiger partial charge on any atom is -0.468 e. The fourth-order valence-electron chi connectivity index (χ4n) is 1.64. The summed E-state index contributed by atoms with van der Waals surface area (Å²) in [5, 5.41) is 0. The van der Waals surface area contributed by atoms with Gasteiger partial charge in [-0.1, -0.05) is 17.9 Å². The third-order valence-corrected chi connectivity index (χ3v) is 4.24. The Morgan fingerprint density at radius 1 is 1.48 bits per heavy atom. The molecule has 1 aromatic carbocycles. The maximum Gasteiger partial charge on any atom is 0.323 e. The molecule has 0 bridgehead atoms. The van der Waals surface area contributed by atoms with Crippen LogP contribution in [0.4, 0.5) is 0 Å². The van der Waals surface area contributed by atoms with Gasteiger partial charge >= 0.3 is 5.97 Å². The quantitative estimate of drug-likeness (QED) is 0.609. The first kappa shape index (κ1) is 17.2. The lowest BCUT2D eigenvalue weighted by atomic mass is 10.1. The van der Waals surface area contributed by atoms with E-state index in [9.17, 15) is 13.2 Å². The Bertz CT molecular complexity index is 687. The topological polar surface area (TPSA) is 98.5 Å². The van der Waals surface area contributed by atoms with Crippen molar-refractivity contribution in [2.24, 2.45) is 5.73 Å². The van der Waals surface area contributed by atoms with Crippen LogP contribution in [0.15, 0.2) is 23.1 Å². The molecule has 21 heavy (non-hydrogen) atoms. The van der Waals surface area contributed by atoms with Crippen LogP contribution in [0.2, 0.25) is 0 Å². The van der Waals surface area contributed by atoms with E-state index in [1.54, 1.807) is 12.1 Å². The number of sulfonamides is 1. The second-order valence-corrected chi connectivity index (χ2v) is 6.05. The Morgan fingerprint density at radius 2 is 2.14 bits per heavy atom. The monoisotopic (exact) mass is 310 g/mol. The summed E-state index contributed by atoms with van der Waals surface area (Å²) >= 11 is 0. The molecule has 0 heterocycles. The molecule has 1 rings (SSSR count). The van der Waals surface area contributed by atoms with E-state index in [1.807, 2.05) is 6.92 Å². The Morgan fingerprint density at radius 3 is 2.71 bits per heavy atom. The molecule has 1 aromatic rings. The number of carbonyl (C=O) groups is 1. The third-order valence-electron chi connectivity index (χ3n) is 2.64. The number of ether oxygens (including phenoxy) is 1. The molecule has 0 aromatic heterocycles. The van der Waals surface area contributed by atoms with E-state index in [1.165, 1.54) is 20.1 Å². The van der Waals surface area contributed by atoms with E-state index in [0.717, 1.165) is 5.56 Å². The zero-order chi connectivity index (χ0) is 16.0. The van der Waals surface area contributed by atoms with Crippen LogP contribution in [0.5, 0.6) is 0 Å². The summed E-state index contributed by atoms with van der Waals surface area (Å²) < 4.78 is 31.4. The van der Waals surface area contributed by atoms with E-state index in [0.29, 0.717) is 5.56 Å². The Balaban J connectivity index is 3.22. The number of aryl methyl sites for hydroxylation is 1. The first-order valence-electron chi connectivity index (χ1n) is 6.21. The third kappa shape index (κ3) is 4.56. The highest BCUT2D eigenvalue weighted by Gasteiger charge is 2.24. The van der Waals surface area contributed by atoms with Gasteiger partial charge in [0.1, 0.15) is 6.04 Å². The molecule has 0 aliphatic heterocycles. The highest BCUT2D eigenvalue weighted by atomic mass is 32.2. The smallest absolute Gasteiger partial charge is 0.323 e. The molecule has 0 fully saturated rings. The highest BCUT2D eigenvalue weighted by Crippen LogP contribution is 2.17. The van der Waals surface area contributed by atoms with Crippen molar-refractivity contribution in [1.29, 1.82) is 0 Å². The predicted molar refractivity (Wildman–Crippen MR) is 78.9 cm³/mol. The van der Waals surface area contributed by atoms with Crippen LogP contribution in [-0.4, -0.2) is 34.1 Å². The van der Waals surface area contributed by atoms with Crippen molar-refractivity contribution in [2.75, 3.05) is 13.7 Å². The Hall–Kier alpha value is -1.88. The predicted octanol–water partition coefficient (Wildman–Crippen LogP) is 0.145. The summed E-state index contributed by atoms with van der Waals surface area (Å²) in [6.45, 7) is 3.36. The van der Waals surface area contributed by atoms with Gasteiger partial charge in [0.2, 0.25) is 10.0 Å². The summed E-state index contributed by atoms with van der Waals surface area (Å²) in [5.74, 6) is 4.69. The fraction of sp³-hybridized carbons (Fsp3) is 0.357. The van der Waals surface area contributed by atoms with Gasteiger partial charge in [-0.15, -0.1) is 0 Å². The average molecular weight is 310 g/mol. The summed E-state index contributed by atoms with van der Waals surface area (Å²) in [7, 11) is -2.69. The molecule has 1 unspecified atom stereocenters. The average Bonchev–Trinajstić information content (AvgIpc) is 2.43. The SMILES string of the molecule is COC(=O)C(C)NS(=O)(=O)c1ccc(C)cc1C#CCN. The zero-order valence-corrected chi connectivity index (χ0v) is 13.0. The van der Waals surface area contributed by atoms with Gasteiger partial charge in [-0.25, -0.2) is 8.42 Å². The van der Waals surface area contributed by atoms with Gasteiger partial charge in [-0.2, -0.15) is 4.72 Å². The van der Waals surface area contributed by atoms with Crippen LogP contribution in [0.1, 0.15) is 18.1 Å². The van der Waals surface area contributed by atoms with E-state index in [-0.39, 0.29) is 11.4 Å². The van der Waals surface area contributed by atoms with E-state index in [4.69, 9.17) is 5.73 Å². The molecule has 1 atom stereocenters. The van der Waals surface area contributed by atoms with Crippen LogP contribution in [0.25, 0.3) is 0 Å². The number of hydrogen-bond acceptors (Lipinski definition) is 5. The van der Waals surface area contributed by atoms with E-state index < -0.39 is 22.0 Å². The first-order valence-corrected chi connectivity index (χ1v) is 7.70. The zero-order valence-electron chi connectivity index (χ0n) is 12.1. The van der Waals surface area contributed by atoms with E-state index >= 15 is 0 Å². The van der Waals surface area contributed by atoms with Crippen molar-refractivity contribution in [3.63, 3.8) is 0 Å². The van der Waals surface area contributed by atoms with E-state index in [2.05, 4.69) is 21.3 Å². The number of nitrogens with two attached hydrogens (primary N) is 1. The van der Waals surface area contributed by atoms with Gasteiger partial charge in [-0.3, -0.25) is 4.79 Å². The summed E-state index contributed by atoms with van der Waals surface area (Å²) in [5.41, 5.74) is 6.52. The lowest BCUT2D eigenvalue weighted by Crippen LogP contribution is -2.39. The number of benzene rings is 1.